The number of benzene rings is 2. The second-order valence-electron chi connectivity index (χ2n) is 8.87. The highest BCUT2D eigenvalue weighted by atomic mass is 32.2. The number of amides is 1. The fraction of sp³-hybridized carbons (Fsp3) is 0.391. The van der Waals surface area contributed by atoms with Gasteiger partial charge in [0.25, 0.3) is 5.91 Å². The highest BCUT2D eigenvalue weighted by Crippen LogP contribution is 2.27. The number of imidazole rings is 1. The Hall–Kier alpha value is -3.21. The highest BCUT2D eigenvalue weighted by Gasteiger charge is 2.45. The summed E-state index contributed by atoms with van der Waals surface area (Å²) in [6, 6.07) is 10.4. The average molecular weight is 494 g/mol. The van der Waals surface area contributed by atoms with Gasteiger partial charge in [-0.05, 0) is 50.6 Å². The minimum Gasteiger partial charge on any atom is -0.435 e. The fourth-order valence-electron chi connectivity index (χ4n) is 4.36. The van der Waals surface area contributed by atoms with Crippen LogP contribution in [0.15, 0.2) is 47.3 Å². The smallest absolute Gasteiger partial charge is 0.387 e. The van der Waals surface area contributed by atoms with Crippen LogP contribution in [0.1, 0.15) is 43.6 Å². The molecular formula is C23H25F2N3O5S. The Morgan fingerprint density at radius 3 is 2.50 bits per heavy atom. The topological polar surface area (TPSA) is 99.4 Å². The molecule has 0 bridgehead atoms. The lowest BCUT2D eigenvalue weighted by molar-refractivity contribution is -0.0498. The van der Waals surface area contributed by atoms with Gasteiger partial charge in [-0.1, -0.05) is 13.0 Å². The molecule has 2 heterocycles. The second kappa shape index (κ2) is 8.53. The van der Waals surface area contributed by atoms with Crippen LogP contribution in [-0.4, -0.2) is 47.1 Å². The van der Waals surface area contributed by atoms with Crippen LogP contribution in [0.3, 0.4) is 0 Å². The van der Waals surface area contributed by atoms with E-state index < -0.39 is 27.9 Å². The molecule has 1 saturated heterocycles. The molecule has 1 aromatic heterocycles. The molecule has 182 valence electrons. The van der Waals surface area contributed by atoms with Crippen LogP contribution in [0.2, 0.25) is 0 Å². The van der Waals surface area contributed by atoms with E-state index >= 15 is 0 Å². The fourth-order valence-corrected chi connectivity index (χ4v) is 6.37. The Balaban J connectivity index is 1.80. The van der Waals surface area contributed by atoms with Crippen molar-refractivity contribution in [2.24, 2.45) is 0 Å². The minimum atomic E-state index is -3.14. The first-order valence-corrected chi connectivity index (χ1v) is 12.6. The van der Waals surface area contributed by atoms with E-state index in [1.54, 1.807) is 35.8 Å². The zero-order valence-electron chi connectivity index (χ0n) is 18.9. The Morgan fingerprint density at radius 1 is 1.18 bits per heavy atom. The van der Waals surface area contributed by atoms with Gasteiger partial charge in [0.2, 0.25) is 0 Å². The first kappa shape index (κ1) is 23.9. The molecule has 0 spiro atoms. The molecule has 8 nitrogen and oxygen atoms in total. The van der Waals surface area contributed by atoms with Crippen molar-refractivity contribution in [3.05, 3.63) is 58.5 Å². The molecule has 1 unspecified atom stereocenters. The zero-order chi connectivity index (χ0) is 24.8. The van der Waals surface area contributed by atoms with Crippen molar-refractivity contribution in [1.29, 1.82) is 0 Å². The maximum atomic E-state index is 13.4. The lowest BCUT2D eigenvalue weighted by Crippen LogP contribution is -2.63. The molecule has 1 aliphatic rings. The van der Waals surface area contributed by atoms with Gasteiger partial charge in [0.1, 0.15) is 5.75 Å². The molecule has 0 aliphatic carbocycles. The van der Waals surface area contributed by atoms with Crippen molar-refractivity contribution >= 4 is 26.8 Å². The van der Waals surface area contributed by atoms with Crippen LogP contribution in [0, 0.1) is 0 Å². The van der Waals surface area contributed by atoms with E-state index in [4.69, 9.17) is 0 Å². The number of aromatic nitrogens is 2. The van der Waals surface area contributed by atoms with E-state index in [-0.39, 0.29) is 34.6 Å². The van der Waals surface area contributed by atoms with E-state index in [1.807, 2.05) is 13.8 Å². The Kier molecular flexibility index (Phi) is 6.01. The third-order valence-electron chi connectivity index (χ3n) is 5.96. The lowest BCUT2D eigenvalue weighted by Gasteiger charge is -2.38. The SMILES string of the molecule is CCC(C)n1c(=O)n(-c2cccc(OC(F)F)c2)c2ccc(C(=O)NC3(C)CS(=O)(=O)C3)cc21. The van der Waals surface area contributed by atoms with E-state index in [9.17, 15) is 26.8 Å². The van der Waals surface area contributed by atoms with Gasteiger partial charge in [0, 0.05) is 17.7 Å². The number of hydrogen-bond acceptors (Lipinski definition) is 5. The first-order chi connectivity index (χ1) is 15.9. The summed E-state index contributed by atoms with van der Waals surface area (Å²) in [6.45, 7) is 2.46. The summed E-state index contributed by atoms with van der Waals surface area (Å²) >= 11 is 0. The number of carbonyl (C=O) groups is 1. The van der Waals surface area contributed by atoms with E-state index in [1.165, 1.54) is 22.8 Å². The van der Waals surface area contributed by atoms with Crippen LogP contribution >= 0.6 is 0 Å². The average Bonchev–Trinajstić information content (AvgIpc) is 3.02. The summed E-state index contributed by atoms with van der Waals surface area (Å²) in [6.07, 6.45) is 0.639. The monoisotopic (exact) mass is 493 g/mol. The van der Waals surface area contributed by atoms with Crippen molar-refractivity contribution < 1.29 is 26.7 Å². The predicted molar refractivity (Wildman–Crippen MR) is 124 cm³/mol. The van der Waals surface area contributed by atoms with E-state index in [0.717, 1.165) is 0 Å². The summed E-state index contributed by atoms with van der Waals surface area (Å²) in [5.74, 6) is -0.774. The largest absolute Gasteiger partial charge is 0.435 e. The summed E-state index contributed by atoms with van der Waals surface area (Å²) in [7, 11) is -3.14. The number of nitrogens with one attached hydrogen (secondary N) is 1. The maximum Gasteiger partial charge on any atom is 0.387 e. The van der Waals surface area contributed by atoms with Crippen LogP contribution in [0.5, 0.6) is 5.75 Å². The molecule has 2 aromatic carbocycles. The molecule has 1 amide bonds. The van der Waals surface area contributed by atoms with Crippen LogP contribution < -0.4 is 15.7 Å². The Labute approximate surface area is 195 Å². The van der Waals surface area contributed by atoms with Crippen LogP contribution in [0.4, 0.5) is 8.78 Å². The number of sulfone groups is 1. The van der Waals surface area contributed by atoms with E-state index in [0.29, 0.717) is 23.1 Å². The van der Waals surface area contributed by atoms with Crippen molar-refractivity contribution in [1.82, 2.24) is 14.5 Å². The van der Waals surface area contributed by atoms with E-state index in [2.05, 4.69) is 10.1 Å². The van der Waals surface area contributed by atoms with Crippen LogP contribution in [-0.2, 0) is 9.84 Å². The number of fused-ring (bicyclic) bond motifs is 1. The van der Waals surface area contributed by atoms with Gasteiger partial charge in [0.05, 0.1) is 33.8 Å². The Bertz CT molecular complexity index is 1420. The molecule has 1 fully saturated rings. The third kappa shape index (κ3) is 4.44. The molecule has 1 N–H and O–H groups in total. The maximum absolute atomic E-state index is 13.4. The molecule has 11 heteroatoms. The summed E-state index contributed by atoms with van der Waals surface area (Å²) in [5.41, 5.74) is 0.403. The number of rotatable bonds is 7. The second-order valence-corrected chi connectivity index (χ2v) is 10.9. The molecule has 34 heavy (non-hydrogen) atoms. The molecule has 3 aromatic rings. The highest BCUT2D eigenvalue weighted by molar-refractivity contribution is 7.93. The third-order valence-corrected chi connectivity index (χ3v) is 8.11. The van der Waals surface area contributed by atoms with Gasteiger partial charge in [0.15, 0.2) is 9.84 Å². The van der Waals surface area contributed by atoms with Gasteiger partial charge in [-0.3, -0.25) is 13.9 Å². The van der Waals surface area contributed by atoms with Crippen LogP contribution in [0.25, 0.3) is 16.7 Å². The molecule has 1 aliphatic heterocycles. The number of alkyl halides is 2. The van der Waals surface area contributed by atoms with Crippen molar-refractivity contribution in [2.75, 3.05) is 11.5 Å². The summed E-state index contributed by atoms with van der Waals surface area (Å²) in [4.78, 5) is 26.3. The number of halogens is 2. The Morgan fingerprint density at radius 2 is 1.88 bits per heavy atom. The minimum absolute atomic E-state index is 0.0801. The molecule has 1 atom stereocenters. The first-order valence-electron chi connectivity index (χ1n) is 10.8. The van der Waals surface area contributed by atoms with Crippen molar-refractivity contribution in [2.45, 2.75) is 45.4 Å². The quantitative estimate of drug-likeness (QED) is 0.545. The van der Waals surface area contributed by atoms with Gasteiger partial charge >= 0.3 is 12.3 Å². The summed E-state index contributed by atoms with van der Waals surface area (Å²) in [5, 5.41) is 2.77. The number of hydrogen-bond donors (Lipinski definition) is 1. The van der Waals surface area contributed by atoms with Gasteiger partial charge in [-0.15, -0.1) is 0 Å². The summed E-state index contributed by atoms with van der Waals surface area (Å²) < 4.78 is 55.9. The number of ether oxygens (including phenoxy) is 1. The number of nitrogens with zero attached hydrogens (tertiary/aromatic N) is 2. The molecule has 4 rings (SSSR count). The van der Waals surface area contributed by atoms with Crippen molar-refractivity contribution in [3.63, 3.8) is 0 Å². The molecule has 0 radical (unpaired) electrons. The molecule has 0 saturated carbocycles. The number of carbonyl (C=O) groups excluding carboxylic acids is 1. The normalized spacial score (nSPS) is 17.4. The standard InChI is InChI=1S/C23H25F2N3O5S/c1-4-14(2)27-19-10-15(20(29)26-23(3)12-34(31,32)13-23)8-9-18(19)28(22(27)30)16-6-5-7-17(11-16)33-21(24)25/h5-11,14,21H,4,12-13H2,1-3H3,(H,26,29). The van der Waals surface area contributed by atoms with Crippen molar-refractivity contribution in [3.8, 4) is 11.4 Å². The van der Waals surface area contributed by atoms with Gasteiger partial charge in [-0.25, -0.2) is 13.2 Å². The zero-order valence-corrected chi connectivity index (χ0v) is 19.7. The predicted octanol–water partition coefficient (Wildman–Crippen LogP) is 3.28. The van der Waals surface area contributed by atoms with Gasteiger partial charge < -0.3 is 10.1 Å². The molecular weight excluding hydrogens is 468 g/mol. The van der Waals surface area contributed by atoms with Gasteiger partial charge in [-0.2, -0.15) is 8.78 Å². The lowest BCUT2D eigenvalue weighted by atomic mass is 10.1.